The molecule has 0 spiro atoms. The van der Waals surface area contributed by atoms with E-state index >= 15 is 0 Å². The molecule has 1 aliphatic heterocycles. The SMILES string of the molecule is COCCN1CCC(=O)CCC1=O. The largest absolute Gasteiger partial charge is 0.383 e. The highest BCUT2D eigenvalue weighted by molar-refractivity contribution is 5.87. The minimum atomic E-state index is 0.0721. The standard InChI is InChI=1S/C9H15NO3/c1-13-7-6-10-5-4-8(11)2-3-9(10)12/h2-7H2,1H3. The molecular weight excluding hydrogens is 170 g/mol. The second kappa shape index (κ2) is 4.97. The van der Waals surface area contributed by atoms with Crippen LogP contribution in [-0.2, 0) is 14.3 Å². The maximum Gasteiger partial charge on any atom is 0.223 e. The van der Waals surface area contributed by atoms with Crippen LogP contribution in [0.1, 0.15) is 19.3 Å². The molecule has 1 fully saturated rings. The first-order valence-electron chi connectivity index (χ1n) is 4.52. The monoisotopic (exact) mass is 185 g/mol. The molecule has 4 heteroatoms. The fourth-order valence-electron chi connectivity index (χ4n) is 1.35. The molecule has 13 heavy (non-hydrogen) atoms. The number of rotatable bonds is 3. The van der Waals surface area contributed by atoms with Gasteiger partial charge in [-0.25, -0.2) is 0 Å². The summed E-state index contributed by atoms with van der Waals surface area (Å²) in [7, 11) is 1.60. The van der Waals surface area contributed by atoms with Crippen molar-refractivity contribution in [2.75, 3.05) is 26.8 Å². The Balaban J connectivity index is 2.42. The minimum absolute atomic E-state index is 0.0721. The van der Waals surface area contributed by atoms with E-state index in [1.807, 2.05) is 0 Å². The zero-order chi connectivity index (χ0) is 9.68. The Labute approximate surface area is 77.8 Å². The summed E-state index contributed by atoms with van der Waals surface area (Å²) < 4.78 is 4.88. The minimum Gasteiger partial charge on any atom is -0.383 e. The summed E-state index contributed by atoms with van der Waals surface area (Å²) in [6, 6.07) is 0. The van der Waals surface area contributed by atoms with Crippen molar-refractivity contribution < 1.29 is 14.3 Å². The topological polar surface area (TPSA) is 46.6 Å². The van der Waals surface area contributed by atoms with Crippen LogP contribution in [-0.4, -0.2) is 43.4 Å². The molecule has 0 aromatic carbocycles. The quantitative estimate of drug-likeness (QED) is 0.631. The first-order chi connectivity index (χ1) is 6.24. The molecule has 1 aliphatic rings. The van der Waals surface area contributed by atoms with Gasteiger partial charge in [-0.05, 0) is 0 Å². The van der Waals surface area contributed by atoms with Crippen molar-refractivity contribution in [3.8, 4) is 0 Å². The van der Waals surface area contributed by atoms with Gasteiger partial charge in [-0.15, -0.1) is 0 Å². The van der Waals surface area contributed by atoms with Crippen LogP contribution >= 0.6 is 0 Å². The van der Waals surface area contributed by atoms with Crippen molar-refractivity contribution in [2.45, 2.75) is 19.3 Å². The van der Waals surface area contributed by atoms with Crippen LogP contribution in [0.5, 0.6) is 0 Å². The van der Waals surface area contributed by atoms with Gasteiger partial charge in [-0.2, -0.15) is 0 Å². The highest BCUT2D eigenvalue weighted by Crippen LogP contribution is 2.07. The molecule has 0 N–H and O–H groups in total. The lowest BCUT2D eigenvalue weighted by Crippen LogP contribution is -2.33. The van der Waals surface area contributed by atoms with Gasteiger partial charge in [0, 0.05) is 39.5 Å². The van der Waals surface area contributed by atoms with Gasteiger partial charge >= 0.3 is 0 Å². The third-order valence-corrected chi connectivity index (χ3v) is 2.20. The Kier molecular flexibility index (Phi) is 3.89. The van der Waals surface area contributed by atoms with E-state index in [4.69, 9.17) is 4.74 Å². The molecule has 0 saturated carbocycles. The molecule has 1 heterocycles. The Bertz CT molecular complexity index is 203. The molecule has 0 aliphatic carbocycles. The zero-order valence-corrected chi connectivity index (χ0v) is 7.91. The number of hydrogen-bond donors (Lipinski definition) is 0. The number of ketones is 1. The number of hydrogen-bond acceptors (Lipinski definition) is 3. The molecule has 4 nitrogen and oxygen atoms in total. The first kappa shape index (κ1) is 10.2. The Morgan fingerprint density at radius 1 is 1.31 bits per heavy atom. The predicted octanol–water partition coefficient (Wildman–Crippen LogP) is 0.214. The van der Waals surface area contributed by atoms with Crippen molar-refractivity contribution in [1.82, 2.24) is 4.90 Å². The summed E-state index contributed by atoms with van der Waals surface area (Å²) in [5.41, 5.74) is 0. The van der Waals surface area contributed by atoms with E-state index < -0.39 is 0 Å². The number of likely N-dealkylation sites (tertiary alicyclic amines) is 1. The van der Waals surface area contributed by atoms with Gasteiger partial charge in [0.2, 0.25) is 5.91 Å². The van der Waals surface area contributed by atoms with Crippen LogP contribution in [0.3, 0.4) is 0 Å². The molecule has 0 bridgehead atoms. The van der Waals surface area contributed by atoms with Gasteiger partial charge in [0.1, 0.15) is 5.78 Å². The highest BCUT2D eigenvalue weighted by atomic mass is 16.5. The van der Waals surface area contributed by atoms with E-state index in [9.17, 15) is 9.59 Å². The number of nitrogens with zero attached hydrogens (tertiary/aromatic N) is 1. The molecule has 1 saturated heterocycles. The average Bonchev–Trinajstić information content (AvgIpc) is 2.28. The van der Waals surface area contributed by atoms with E-state index in [-0.39, 0.29) is 11.7 Å². The van der Waals surface area contributed by atoms with Crippen LogP contribution in [0, 0.1) is 0 Å². The summed E-state index contributed by atoms with van der Waals surface area (Å²) in [6.07, 6.45) is 1.26. The van der Waals surface area contributed by atoms with Crippen molar-refractivity contribution in [1.29, 1.82) is 0 Å². The Hall–Kier alpha value is -0.900. The van der Waals surface area contributed by atoms with Crippen molar-refractivity contribution >= 4 is 11.7 Å². The molecule has 1 amide bonds. The average molecular weight is 185 g/mol. The summed E-state index contributed by atoms with van der Waals surface area (Å²) >= 11 is 0. The molecule has 0 aromatic heterocycles. The number of carbonyl (C=O) groups excluding carboxylic acids is 2. The molecule has 0 radical (unpaired) electrons. The van der Waals surface area contributed by atoms with Gasteiger partial charge in [0.25, 0.3) is 0 Å². The van der Waals surface area contributed by atoms with E-state index in [0.29, 0.717) is 39.0 Å². The second-order valence-corrected chi connectivity index (χ2v) is 3.16. The summed E-state index contributed by atoms with van der Waals surface area (Å²) in [6.45, 7) is 1.70. The number of ether oxygens (including phenoxy) is 1. The number of methoxy groups -OCH3 is 1. The van der Waals surface area contributed by atoms with Gasteiger partial charge in [-0.1, -0.05) is 0 Å². The molecule has 0 unspecified atom stereocenters. The lowest BCUT2D eigenvalue weighted by molar-refractivity contribution is -0.131. The number of carbonyl (C=O) groups is 2. The van der Waals surface area contributed by atoms with Crippen molar-refractivity contribution in [2.24, 2.45) is 0 Å². The van der Waals surface area contributed by atoms with Crippen molar-refractivity contribution in [3.05, 3.63) is 0 Å². The van der Waals surface area contributed by atoms with Gasteiger partial charge in [0.15, 0.2) is 0 Å². The third-order valence-electron chi connectivity index (χ3n) is 2.20. The molecular formula is C9H15NO3. The fraction of sp³-hybridized carbons (Fsp3) is 0.778. The predicted molar refractivity (Wildman–Crippen MR) is 47.3 cm³/mol. The maximum absolute atomic E-state index is 11.4. The fourth-order valence-corrected chi connectivity index (χ4v) is 1.35. The van der Waals surface area contributed by atoms with Crippen LogP contribution in [0.25, 0.3) is 0 Å². The van der Waals surface area contributed by atoms with E-state index in [0.717, 1.165) is 0 Å². The van der Waals surface area contributed by atoms with Gasteiger partial charge < -0.3 is 9.64 Å². The zero-order valence-electron chi connectivity index (χ0n) is 7.91. The van der Waals surface area contributed by atoms with E-state index in [2.05, 4.69) is 0 Å². The third kappa shape index (κ3) is 3.14. The molecule has 1 rings (SSSR count). The number of Topliss-reactive ketones (excluding diaryl/α,β-unsaturated/α-hetero) is 1. The summed E-state index contributed by atoms with van der Waals surface area (Å²) in [5.74, 6) is 0.260. The van der Waals surface area contributed by atoms with Gasteiger partial charge in [-0.3, -0.25) is 9.59 Å². The summed E-state index contributed by atoms with van der Waals surface area (Å²) in [5, 5.41) is 0. The van der Waals surface area contributed by atoms with Crippen LogP contribution in [0.15, 0.2) is 0 Å². The molecule has 74 valence electrons. The van der Waals surface area contributed by atoms with Crippen molar-refractivity contribution in [3.63, 3.8) is 0 Å². The van der Waals surface area contributed by atoms with E-state index in [1.54, 1.807) is 12.0 Å². The Morgan fingerprint density at radius 2 is 2.08 bits per heavy atom. The lowest BCUT2D eigenvalue weighted by atomic mass is 10.2. The normalized spacial score (nSPS) is 19.0. The lowest BCUT2D eigenvalue weighted by Gasteiger charge is -2.19. The highest BCUT2D eigenvalue weighted by Gasteiger charge is 2.19. The second-order valence-electron chi connectivity index (χ2n) is 3.16. The van der Waals surface area contributed by atoms with Crippen LogP contribution in [0.4, 0.5) is 0 Å². The Morgan fingerprint density at radius 3 is 2.77 bits per heavy atom. The molecule has 0 atom stereocenters. The number of amides is 1. The summed E-state index contributed by atoms with van der Waals surface area (Å²) in [4.78, 5) is 24.1. The smallest absolute Gasteiger partial charge is 0.223 e. The van der Waals surface area contributed by atoms with Crippen LogP contribution in [0.2, 0.25) is 0 Å². The molecule has 0 aromatic rings. The first-order valence-corrected chi connectivity index (χ1v) is 4.52. The van der Waals surface area contributed by atoms with E-state index in [1.165, 1.54) is 0 Å². The maximum atomic E-state index is 11.4. The van der Waals surface area contributed by atoms with Crippen LogP contribution < -0.4 is 0 Å². The van der Waals surface area contributed by atoms with Gasteiger partial charge in [0.05, 0.1) is 6.61 Å².